The summed E-state index contributed by atoms with van der Waals surface area (Å²) in [6.45, 7) is 0. The Balaban J connectivity index is 1.93. The Morgan fingerprint density at radius 3 is 3.00 bits per heavy atom. The van der Waals surface area contributed by atoms with Gasteiger partial charge in [-0.3, -0.25) is 0 Å². The van der Waals surface area contributed by atoms with Crippen molar-refractivity contribution in [3.8, 4) is 0 Å². The molecular weight excluding hydrogens is 138 g/mol. The minimum atomic E-state index is 0.123. The standard InChI is InChI=1S/C9H13NO/c10-8(6-7-3-4-7)9-2-1-5-11-9/h1-2,5,7-8H,3-4,6,10H2/t8-/m0/s1. The molecule has 1 heterocycles. The summed E-state index contributed by atoms with van der Waals surface area (Å²) < 4.78 is 5.20. The molecule has 0 bridgehead atoms. The summed E-state index contributed by atoms with van der Waals surface area (Å²) >= 11 is 0. The van der Waals surface area contributed by atoms with Crippen LogP contribution in [0.1, 0.15) is 31.1 Å². The minimum absolute atomic E-state index is 0.123. The van der Waals surface area contributed by atoms with Gasteiger partial charge in [-0.05, 0) is 24.5 Å². The van der Waals surface area contributed by atoms with Crippen LogP contribution in [0.4, 0.5) is 0 Å². The van der Waals surface area contributed by atoms with Crippen LogP contribution in [0.5, 0.6) is 0 Å². The van der Waals surface area contributed by atoms with Crippen LogP contribution in [0, 0.1) is 5.92 Å². The molecule has 0 unspecified atom stereocenters. The summed E-state index contributed by atoms with van der Waals surface area (Å²) in [7, 11) is 0. The summed E-state index contributed by atoms with van der Waals surface area (Å²) in [6.07, 6.45) is 5.48. The van der Waals surface area contributed by atoms with E-state index in [4.69, 9.17) is 10.2 Å². The molecule has 1 saturated carbocycles. The van der Waals surface area contributed by atoms with E-state index in [1.165, 1.54) is 12.8 Å². The van der Waals surface area contributed by atoms with Gasteiger partial charge in [0.15, 0.2) is 0 Å². The van der Waals surface area contributed by atoms with Crippen LogP contribution < -0.4 is 5.73 Å². The number of furan rings is 1. The molecule has 1 aromatic rings. The van der Waals surface area contributed by atoms with Gasteiger partial charge in [-0.25, -0.2) is 0 Å². The third kappa shape index (κ3) is 1.63. The number of hydrogen-bond acceptors (Lipinski definition) is 2. The Hall–Kier alpha value is -0.760. The van der Waals surface area contributed by atoms with Crippen molar-refractivity contribution in [3.05, 3.63) is 24.2 Å². The molecule has 60 valence electrons. The van der Waals surface area contributed by atoms with E-state index in [9.17, 15) is 0 Å². The Kier molecular flexibility index (Phi) is 1.70. The summed E-state index contributed by atoms with van der Waals surface area (Å²) in [4.78, 5) is 0. The van der Waals surface area contributed by atoms with E-state index in [2.05, 4.69) is 0 Å². The molecule has 2 rings (SSSR count). The molecule has 11 heavy (non-hydrogen) atoms. The van der Waals surface area contributed by atoms with Gasteiger partial charge < -0.3 is 10.2 Å². The smallest absolute Gasteiger partial charge is 0.120 e. The fraction of sp³-hybridized carbons (Fsp3) is 0.556. The van der Waals surface area contributed by atoms with E-state index in [-0.39, 0.29) is 6.04 Å². The first kappa shape index (κ1) is 6.92. The molecular formula is C9H13NO. The van der Waals surface area contributed by atoms with Gasteiger partial charge in [-0.2, -0.15) is 0 Å². The summed E-state index contributed by atoms with van der Waals surface area (Å²) in [6, 6.07) is 3.97. The Morgan fingerprint density at radius 1 is 1.64 bits per heavy atom. The van der Waals surface area contributed by atoms with Crippen LogP contribution in [0.2, 0.25) is 0 Å². The third-order valence-corrected chi connectivity index (χ3v) is 2.19. The number of hydrogen-bond donors (Lipinski definition) is 1. The molecule has 1 atom stereocenters. The van der Waals surface area contributed by atoms with Crippen molar-refractivity contribution in [1.29, 1.82) is 0 Å². The maximum atomic E-state index is 5.89. The summed E-state index contributed by atoms with van der Waals surface area (Å²) in [5.74, 6) is 1.80. The van der Waals surface area contributed by atoms with Gasteiger partial charge in [0.1, 0.15) is 5.76 Å². The predicted octanol–water partition coefficient (Wildman–Crippen LogP) is 2.08. The monoisotopic (exact) mass is 151 g/mol. The lowest BCUT2D eigenvalue weighted by Gasteiger charge is -2.05. The average Bonchev–Trinajstić information content (AvgIpc) is 2.67. The highest BCUT2D eigenvalue weighted by atomic mass is 16.3. The summed E-state index contributed by atoms with van der Waals surface area (Å²) in [5, 5.41) is 0. The quantitative estimate of drug-likeness (QED) is 0.718. The highest BCUT2D eigenvalue weighted by molar-refractivity contribution is 5.04. The molecule has 0 spiro atoms. The zero-order valence-electron chi connectivity index (χ0n) is 6.49. The maximum absolute atomic E-state index is 5.89. The van der Waals surface area contributed by atoms with Gasteiger partial charge in [0.2, 0.25) is 0 Å². The minimum Gasteiger partial charge on any atom is -0.468 e. The normalized spacial score (nSPS) is 20.1. The molecule has 0 amide bonds. The van der Waals surface area contributed by atoms with Crippen LogP contribution >= 0.6 is 0 Å². The van der Waals surface area contributed by atoms with Crippen molar-refractivity contribution < 1.29 is 4.42 Å². The molecule has 1 aliphatic rings. The molecule has 1 aromatic heterocycles. The largest absolute Gasteiger partial charge is 0.468 e. The van der Waals surface area contributed by atoms with Crippen molar-refractivity contribution >= 4 is 0 Å². The lowest BCUT2D eigenvalue weighted by molar-refractivity contribution is 0.440. The second kappa shape index (κ2) is 2.70. The molecule has 1 aliphatic carbocycles. The lowest BCUT2D eigenvalue weighted by Crippen LogP contribution is -2.09. The van der Waals surface area contributed by atoms with Crippen molar-refractivity contribution in [2.24, 2.45) is 11.7 Å². The van der Waals surface area contributed by atoms with Gasteiger partial charge >= 0.3 is 0 Å². The average molecular weight is 151 g/mol. The van der Waals surface area contributed by atoms with Crippen molar-refractivity contribution in [2.75, 3.05) is 0 Å². The van der Waals surface area contributed by atoms with Crippen LogP contribution in [0.3, 0.4) is 0 Å². The highest BCUT2D eigenvalue weighted by Gasteiger charge is 2.25. The fourth-order valence-electron chi connectivity index (χ4n) is 1.33. The molecule has 2 heteroatoms. The molecule has 2 nitrogen and oxygen atoms in total. The molecule has 0 aliphatic heterocycles. The zero-order valence-corrected chi connectivity index (χ0v) is 6.49. The van der Waals surface area contributed by atoms with E-state index in [1.54, 1.807) is 6.26 Å². The topological polar surface area (TPSA) is 39.2 Å². The molecule has 1 fully saturated rings. The van der Waals surface area contributed by atoms with Crippen LogP contribution in [-0.4, -0.2) is 0 Å². The molecule has 0 radical (unpaired) electrons. The van der Waals surface area contributed by atoms with Crippen molar-refractivity contribution in [2.45, 2.75) is 25.3 Å². The fourth-order valence-corrected chi connectivity index (χ4v) is 1.33. The van der Waals surface area contributed by atoms with Crippen LogP contribution in [-0.2, 0) is 0 Å². The van der Waals surface area contributed by atoms with Gasteiger partial charge in [0.05, 0.1) is 12.3 Å². The highest BCUT2D eigenvalue weighted by Crippen LogP contribution is 2.36. The van der Waals surface area contributed by atoms with E-state index in [0.717, 1.165) is 18.1 Å². The predicted molar refractivity (Wildman–Crippen MR) is 43.0 cm³/mol. The lowest BCUT2D eigenvalue weighted by atomic mass is 10.1. The SMILES string of the molecule is N[C@@H](CC1CC1)c1ccco1. The summed E-state index contributed by atoms with van der Waals surface area (Å²) in [5.41, 5.74) is 5.89. The maximum Gasteiger partial charge on any atom is 0.120 e. The third-order valence-electron chi connectivity index (χ3n) is 2.19. The van der Waals surface area contributed by atoms with E-state index in [0.29, 0.717) is 0 Å². The van der Waals surface area contributed by atoms with Crippen molar-refractivity contribution in [1.82, 2.24) is 0 Å². The molecule has 2 N–H and O–H groups in total. The molecule has 0 saturated heterocycles. The van der Waals surface area contributed by atoms with Gasteiger partial charge in [-0.1, -0.05) is 12.8 Å². The van der Waals surface area contributed by atoms with Crippen LogP contribution in [0.25, 0.3) is 0 Å². The Morgan fingerprint density at radius 2 is 2.45 bits per heavy atom. The van der Waals surface area contributed by atoms with Gasteiger partial charge in [0.25, 0.3) is 0 Å². The number of rotatable bonds is 3. The van der Waals surface area contributed by atoms with Crippen molar-refractivity contribution in [3.63, 3.8) is 0 Å². The first-order chi connectivity index (χ1) is 5.36. The first-order valence-corrected chi connectivity index (χ1v) is 4.15. The second-order valence-corrected chi connectivity index (χ2v) is 3.30. The zero-order chi connectivity index (χ0) is 7.68. The number of nitrogens with two attached hydrogens (primary N) is 1. The van der Waals surface area contributed by atoms with E-state index in [1.807, 2.05) is 12.1 Å². The Labute approximate surface area is 66.4 Å². The van der Waals surface area contributed by atoms with E-state index >= 15 is 0 Å². The van der Waals surface area contributed by atoms with Gasteiger partial charge in [-0.15, -0.1) is 0 Å². The van der Waals surface area contributed by atoms with Gasteiger partial charge in [0, 0.05) is 0 Å². The van der Waals surface area contributed by atoms with Crippen LogP contribution in [0.15, 0.2) is 22.8 Å². The van der Waals surface area contributed by atoms with E-state index < -0.39 is 0 Å². The first-order valence-electron chi connectivity index (χ1n) is 4.15. The second-order valence-electron chi connectivity index (χ2n) is 3.30. The molecule has 0 aromatic carbocycles. The Bertz CT molecular complexity index is 213.